The molecule has 0 spiro atoms. The molecule has 0 aromatic rings. The van der Waals surface area contributed by atoms with Gasteiger partial charge >= 0.3 is 11.9 Å². The Labute approximate surface area is 69.2 Å². The van der Waals surface area contributed by atoms with Crippen LogP contribution in [0.1, 0.15) is 6.92 Å². The molecule has 5 heteroatoms. The van der Waals surface area contributed by atoms with E-state index in [0.29, 0.717) is 0 Å². The normalized spacial score (nSPS) is 9.92. The maximum atomic E-state index is 10.7. The largest absolute Gasteiger partial charge is 0.465 e. The summed E-state index contributed by atoms with van der Waals surface area (Å²) in [6.07, 6.45) is 0.758. The van der Waals surface area contributed by atoms with E-state index in [0.717, 1.165) is 20.3 Å². The summed E-state index contributed by atoms with van der Waals surface area (Å²) in [5.74, 6) is -1.44. The Bertz CT molecular complexity index is 261. The fourth-order valence-corrected chi connectivity index (χ4v) is 0.372. The van der Waals surface area contributed by atoms with Crippen LogP contribution in [0, 0.1) is 11.3 Å². The maximum absolute atomic E-state index is 10.7. The number of carbonyl (C=O) groups is 2. The summed E-state index contributed by atoms with van der Waals surface area (Å²) in [7, 11) is 1.13. The zero-order valence-corrected chi connectivity index (χ0v) is 6.66. The van der Waals surface area contributed by atoms with Crippen molar-refractivity contribution < 1.29 is 19.1 Å². The third-order valence-electron chi connectivity index (χ3n) is 0.869. The summed E-state index contributed by atoms with van der Waals surface area (Å²) < 4.78 is 8.51. The molecule has 0 rings (SSSR count). The topological polar surface area (TPSA) is 76.4 Å². The van der Waals surface area contributed by atoms with Gasteiger partial charge in [0.1, 0.15) is 12.3 Å². The molecule has 0 aliphatic heterocycles. The van der Waals surface area contributed by atoms with E-state index in [-0.39, 0.29) is 5.57 Å². The summed E-state index contributed by atoms with van der Waals surface area (Å²) in [6, 6.07) is 1.52. The first kappa shape index (κ1) is 10.2. The van der Waals surface area contributed by atoms with E-state index in [1.165, 1.54) is 6.07 Å². The van der Waals surface area contributed by atoms with Gasteiger partial charge in [-0.25, -0.2) is 4.79 Å². The molecule has 0 fully saturated rings. The van der Waals surface area contributed by atoms with Gasteiger partial charge in [0.05, 0.1) is 7.11 Å². The van der Waals surface area contributed by atoms with Crippen molar-refractivity contribution >= 4 is 11.9 Å². The monoisotopic (exact) mass is 169 g/mol. The molecular formula is C7H7NO4. The van der Waals surface area contributed by atoms with E-state index in [9.17, 15) is 9.59 Å². The number of rotatable bonds is 2. The summed E-state index contributed by atoms with van der Waals surface area (Å²) in [5, 5.41) is 8.33. The second kappa shape index (κ2) is 4.91. The van der Waals surface area contributed by atoms with Gasteiger partial charge in [0, 0.05) is 6.92 Å². The minimum atomic E-state index is -0.834. The van der Waals surface area contributed by atoms with Gasteiger partial charge in [-0.3, -0.25) is 4.79 Å². The molecule has 0 bridgehead atoms. The first-order valence-corrected chi connectivity index (χ1v) is 2.97. The van der Waals surface area contributed by atoms with Crippen LogP contribution in [0.4, 0.5) is 0 Å². The smallest absolute Gasteiger partial charge is 0.351 e. The van der Waals surface area contributed by atoms with Crippen LogP contribution in [-0.4, -0.2) is 19.0 Å². The molecule has 0 radical (unpaired) electrons. The van der Waals surface area contributed by atoms with E-state index in [1.807, 2.05) is 0 Å². The predicted molar refractivity (Wildman–Crippen MR) is 37.5 cm³/mol. The van der Waals surface area contributed by atoms with E-state index in [4.69, 9.17) is 5.26 Å². The van der Waals surface area contributed by atoms with Crippen LogP contribution < -0.4 is 0 Å². The first-order chi connectivity index (χ1) is 5.61. The highest BCUT2D eigenvalue weighted by molar-refractivity contribution is 5.92. The van der Waals surface area contributed by atoms with Gasteiger partial charge in [-0.1, -0.05) is 0 Å². The van der Waals surface area contributed by atoms with Crippen molar-refractivity contribution in [2.75, 3.05) is 7.11 Å². The molecule has 0 aromatic carbocycles. The second-order valence-corrected chi connectivity index (χ2v) is 1.74. The van der Waals surface area contributed by atoms with E-state index in [2.05, 4.69) is 9.47 Å². The number of hydrogen-bond acceptors (Lipinski definition) is 5. The Morgan fingerprint density at radius 2 is 2.08 bits per heavy atom. The van der Waals surface area contributed by atoms with Gasteiger partial charge in [-0.15, -0.1) is 0 Å². The molecule has 0 saturated heterocycles. The number of nitriles is 1. The quantitative estimate of drug-likeness (QED) is 0.254. The fraction of sp³-hybridized carbons (Fsp3) is 0.286. The van der Waals surface area contributed by atoms with Crippen molar-refractivity contribution in [1.29, 1.82) is 5.26 Å². The minimum Gasteiger partial charge on any atom is -0.465 e. The van der Waals surface area contributed by atoms with Crippen molar-refractivity contribution in [2.24, 2.45) is 0 Å². The van der Waals surface area contributed by atoms with Gasteiger partial charge in [0.15, 0.2) is 5.57 Å². The van der Waals surface area contributed by atoms with Crippen LogP contribution in [-0.2, 0) is 19.1 Å². The maximum Gasteiger partial charge on any atom is 0.351 e. The molecule has 12 heavy (non-hydrogen) atoms. The molecule has 0 aliphatic carbocycles. The second-order valence-electron chi connectivity index (χ2n) is 1.74. The number of carbonyl (C=O) groups excluding carboxylic acids is 2. The van der Waals surface area contributed by atoms with Gasteiger partial charge in [0.2, 0.25) is 0 Å². The minimum absolute atomic E-state index is 0.354. The van der Waals surface area contributed by atoms with Crippen LogP contribution in [0.5, 0.6) is 0 Å². The summed E-state index contributed by atoms with van der Waals surface area (Å²) in [5.41, 5.74) is -0.354. The molecule has 5 nitrogen and oxygen atoms in total. The zero-order valence-electron chi connectivity index (χ0n) is 6.66. The zero-order chi connectivity index (χ0) is 9.56. The highest BCUT2D eigenvalue weighted by atomic mass is 16.5. The van der Waals surface area contributed by atoms with Crippen LogP contribution >= 0.6 is 0 Å². The lowest BCUT2D eigenvalue weighted by Gasteiger charge is -1.95. The van der Waals surface area contributed by atoms with Gasteiger partial charge in [0.25, 0.3) is 0 Å². The molecule has 0 unspecified atom stereocenters. The molecule has 0 aromatic heterocycles. The van der Waals surface area contributed by atoms with Crippen LogP contribution in [0.25, 0.3) is 0 Å². The molecule has 64 valence electrons. The molecule has 0 atom stereocenters. The van der Waals surface area contributed by atoms with Crippen LogP contribution in [0.2, 0.25) is 0 Å². The molecule has 0 aliphatic rings. The summed E-state index contributed by atoms with van der Waals surface area (Å²) in [6.45, 7) is 1.16. The highest BCUT2D eigenvalue weighted by Crippen LogP contribution is 1.95. The lowest BCUT2D eigenvalue weighted by Crippen LogP contribution is -2.04. The van der Waals surface area contributed by atoms with E-state index in [1.54, 1.807) is 0 Å². The third-order valence-corrected chi connectivity index (χ3v) is 0.869. The number of nitrogens with zero attached hydrogens (tertiary/aromatic N) is 1. The Balaban J connectivity index is 4.36. The van der Waals surface area contributed by atoms with Crippen molar-refractivity contribution in [2.45, 2.75) is 6.92 Å². The Morgan fingerprint density at radius 3 is 2.42 bits per heavy atom. The fourth-order valence-electron chi connectivity index (χ4n) is 0.372. The average molecular weight is 169 g/mol. The van der Waals surface area contributed by atoms with E-state index < -0.39 is 11.9 Å². The first-order valence-electron chi connectivity index (χ1n) is 2.97. The number of esters is 2. The summed E-state index contributed by atoms with van der Waals surface area (Å²) >= 11 is 0. The molecule has 0 amide bonds. The number of ether oxygens (including phenoxy) is 2. The predicted octanol–water partition coefficient (Wildman–Crippen LogP) is 0.130. The lowest BCUT2D eigenvalue weighted by atomic mass is 10.3. The molecule has 0 N–H and O–H groups in total. The average Bonchev–Trinajstić information content (AvgIpc) is 2.04. The highest BCUT2D eigenvalue weighted by Gasteiger charge is 2.08. The Hall–Kier alpha value is -1.83. The standard InChI is InChI=1S/C7H7NO4/c1-5(9)12-4-6(3-8)7(10)11-2/h4H,1-2H3/b6-4-. The van der Waals surface area contributed by atoms with E-state index >= 15 is 0 Å². The van der Waals surface area contributed by atoms with Gasteiger partial charge in [-0.05, 0) is 0 Å². The Morgan fingerprint density at radius 1 is 1.50 bits per heavy atom. The van der Waals surface area contributed by atoms with Gasteiger partial charge < -0.3 is 9.47 Å². The Kier molecular flexibility index (Phi) is 4.16. The SMILES string of the molecule is COC(=O)/C(C#N)=C\OC(C)=O. The third kappa shape index (κ3) is 3.37. The number of hydrogen-bond donors (Lipinski definition) is 0. The van der Waals surface area contributed by atoms with Crippen molar-refractivity contribution in [1.82, 2.24) is 0 Å². The van der Waals surface area contributed by atoms with Crippen LogP contribution in [0.3, 0.4) is 0 Å². The lowest BCUT2D eigenvalue weighted by molar-refractivity contribution is -0.136. The summed E-state index contributed by atoms with van der Waals surface area (Å²) in [4.78, 5) is 20.9. The molecule has 0 heterocycles. The van der Waals surface area contributed by atoms with Gasteiger partial charge in [-0.2, -0.15) is 5.26 Å². The molecular weight excluding hydrogens is 162 g/mol. The van der Waals surface area contributed by atoms with Crippen molar-refractivity contribution in [3.05, 3.63) is 11.8 Å². The number of methoxy groups -OCH3 is 1. The van der Waals surface area contributed by atoms with Crippen molar-refractivity contribution in [3.8, 4) is 6.07 Å². The van der Waals surface area contributed by atoms with Crippen LogP contribution in [0.15, 0.2) is 11.8 Å². The molecule has 0 saturated carbocycles. The van der Waals surface area contributed by atoms with Crippen molar-refractivity contribution in [3.63, 3.8) is 0 Å².